The summed E-state index contributed by atoms with van der Waals surface area (Å²) in [4.78, 5) is 36.5. The lowest BCUT2D eigenvalue weighted by Gasteiger charge is -2.29. The van der Waals surface area contributed by atoms with E-state index in [1.54, 1.807) is 12.1 Å². The first kappa shape index (κ1) is 10.1. The molecular weight excluding hydrogens is 312 g/mol. The summed E-state index contributed by atoms with van der Waals surface area (Å²) in [6, 6.07) is 3.75. The van der Waals surface area contributed by atoms with E-state index in [2.05, 4.69) is 21.2 Å². The number of piperidine rings is 1. The molecule has 1 atom stereocenters. The molecule has 0 radical (unpaired) electrons. The van der Waals surface area contributed by atoms with E-state index < -0.39 is 30.3 Å². The summed E-state index contributed by atoms with van der Waals surface area (Å²) < 4.78 is 17.1. The van der Waals surface area contributed by atoms with Gasteiger partial charge in [-0.2, -0.15) is 0 Å². The standard InChI is InChI=1S/C13H11BrN2O3/c14-8-1-2-9-7(5-8)6-16(13(9)19)10-3-4-11(17)15-12(10)18/h1-2,5,10H,3-4,6H2,(H,15,17,18)/i6D2. The van der Waals surface area contributed by atoms with E-state index in [1.807, 2.05) is 0 Å². The van der Waals surface area contributed by atoms with Gasteiger partial charge in [-0.05, 0) is 30.2 Å². The first-order valence-electron chi connectivity index (χ1n) is 6.80. The van der Waals surface area contributed by atoms with Crippen LogP contribution in [0, 0.1) is 0 Å². The highest BCUT2D eigenvalue weighted by Crippen LogP contribution is 2.29. The second-order valence-electron chi connectivity index (χ2n) is 4.44. The SMILES string of the molecule is [2H]C1([2H])c2cc(Br)ccc2C(=O)N1C1CCC(=O)NC1=O. The second-order valence-corrected chi connectivity index (χ2v) is 5.36. The van der Waals surface area contributed by atoms with Gasteiger partial charge in [-0.3, -0.25) is 19.7 Å². The van der Waals surface area contributed by atoms with Crippen LogP contribution in [0.3, 0.4) is 0 Å². The van der Waals surface area contributed by atoms with Crippen LogP contribution in [0.25, 0.3) is 0 Å². The maximum absolute atomic E-state index is 12.5. The van der Waals surface area contributed by atoms with Crippen molar-refractivity contribution in [3.05, 3.63) is 33.8 Å². The number of carbonyl (C=O) groups excluding carboxylic acids is 3. The summed E-state index contributed by atoms with van der Waals surface area (Å²) in [6.45, 7) is -2.08. The van der Waals surface area contributed by atoms with Gasteiger partial charge >= 0.3 is 0 Å². The van der Waals surface area contributed by atoms with Gasteiger partial charge < -0.3 is 4.90 Å². The molecule has 0 aromatic heterocycles. The highest BCUT2D eigenvalue weighted by atomic mass is 79.9. The van der Waals surface area contributed by atoms with Crippen molar-refractivity contribution in [1.29, 1.82) is 0 Å². The molecule has 2 aliphatic rings. The van der Waals surface area contributed by atoms with Crippen molar-refractivity contribution in [2.75, 3.05) is 0 Å². The van der Waals surface area contributed by atoms with Crippen molar-refractivity contribution in [1.82, 2.24) is 10.2 Å². The molecular formula is C13H11BrN2O3. The third-order valence-corrected chi connectivity index (χ3v) is 3.69. The summed E-state index contributed by atoms with van der Waals surface area (Å²) in [5.41, 5.74) is 0.472. The molecule has 6 heteroatoms. The molecule has 0 bridgehead atoms. The van der Waals surface area contributed by atoms with E-state index in [1.165, 1.54) is 6.07 Å². The van der Waals surface area contributed by atoms with Crippen LogP contribution in [0.4, 0.5) is 0 Å². The normalized spacial score (nSPS) is 26.7. The number of nitrogens with one attached hydrogen (secondary N) is 1. The zero-order chi connectivity index (χ0) is 15.4. The smallest absolute Gasteiger partial charge is 0.255 e. The zero-order valence-corrected chi connectivity index (χ0v) is 11.4. The fourth-order valence-electron chi connectivity index (χ4n) is 2.25. The van der Waals surface area contributed by atoms with Crippen LogP contribution in [0.5, 0.6) is 0 Å². The molecule has 1 unspecified atom stereocenters. The van der Waals surface area contributed by atoms with Gasteiger partial charge in [0, 0.05) is 23.0 Å². The van der Waals surface area contributed by atoms with E-state index in [-0.39, 0.29) is 24.0 Å². The summed E-state index contributed by atoms with van der Waals surface area (Å²) in [7, 11) is 0. The minimum absolute atomic E-state index is 0.0936. The number of rotatable bonds is 1. The van der Waals surface area contributed by atoms with Gasteiger partial charge in [0.05, 0.1) is 2.74 Å². The van der Waals surface area contributed by atoms with Crippen molar-refractivity contribution in [2.45, 2.75) is 25.4 Å². The van der Waals surface area contributed by atoms with Crippen LogP contribution >= 0.6 is 15.9 Å². The number of amides is 3. The van der Waals surface area contributed by atoms with Crippen LogP contribution in [-0.2, 0) is 16.1 Å². The Labute approximate surface area is 120 Å². The first-order chi connectivity index (χ1) is 9.82. The molecule has 1 saturated heterocycles. The third-order valence-electron chi connectivity index (χ3n) is 3.19. The largest absolute Gasteiger partial charge is 0.322 e. The van der Waals surface area contributed by atoms with Crippen LogP contribution in [0.15, 0.2) is 22.7 Å². The van der Waals surface area contributed by atoms with Gasteiger partial charge in [-0.25, -0.2) is 0 Å². The van der Waals surface area contributed by atoms with Crippen molar-refractivity contribution < 1.29 is 17.1 Å². The Morgan fingerprint density at radius 3 is 2.89 bits per heavy atom. The zero-order valence-electron chi connectivity index (χ0n) is 11.8. The molecule has 1 aromatic rings. The predicted molar refractivity (Wildman–Crippen MR) is 70.2 cm³/mol. The fraction of sp³-hybridized carbons (Fsp3) is 0.308. The number of nitrogens with zero attached hydrogens (tertiary/aromatic N) is 1. The topological polar surface area (TPSA) is 66.5 Å². The van der Waals surface area contributed by atoms with Gasteiger partial charge in [0.15, 0.2) is 0 Å². The van der Waals surface area contributed by atoms with Crippen LogP contribution in [0.1, 0.15) is 31.5 Å². The van der Waals surface area contributed by atoms with Gasteiger partial charge in [-0.1, -0.05) is 15.9 Å². The number of hydrogen-bond donors (Lipinski definition) is 1. The molecule has 1 N–H and O–H groups in total. The molecule has 0 saturated carbocycles. The van der Waals surface area contributed by atoms with E-state index in [4.69, 9.17) is 2.74 Å². The van der Waals surface area contributed by atoms with Gasteiger partial charge in [0.25, 0.3) is 5.91 Å². The Morgan fingerprint density at radius 2 is 2.16 bits per heavy atom. The van der Waals surface area contributed by atoms with Crippen molar-refractivity contribution in [3.8, 4) is 0 Å². The van der Waals surface area contributed by atoms with E-state index in [0.717, 1.165) is 4.90 Å². The molecule has 3 amide bonds. The van der Waals surface area contributed by atoms with Crippen LogP contribution in [-0.4, -0.2) is 28.7 Å². The Bertz CT molecular complexity index is 677. The number of hydrogen-bond acceptors (Lipinski definition) is 3. The van der Waals surface area contributed by atoms with Gasteiger partial charge in [-0.15, -0.1) is 0 Å². The molecule has 2 heterocycles. The van der Waals surface area contributed by atoms with E-state index >= 15 is 0 Å². The van der Waals surface area contributed by atoms with Crippen LogP contribution < -0.4 is 5.32 Å². The number of fused-ring (bicyclic) bond motifs is 1. The summed E-state index contributed by atoms with van der Waals surface area (Å²) in [5, 5.41) is 2.16. The Morgan fingerprint density at radius 1 is 1.37 bits per heavy atom. The molecule has 98 valence electrons. The number of benzene rings is 1. The van der Waals surface area contributed by atoms with E-state index in [0.29, 0.717) is 4.47 Å². The summed E-state index contributed by atoms with van der Waals surface area (Å²) in [6.07, 6.45) is 0.224. The maximum atomic E-state index is 12.5. The molecule has 19 heavy (non-hydrogen) atoms. The van der Waals surface area contributed by atoms with E-state index in [9.17, 15) is 14.4 Å². The number of imide groups is 1. The molecule has 0 spiro atoms. The highest BCUT2D eigenvalue weighted by molar-refractivity contribution is 9.10. The lowest BCUT2D eigenvalue weighted by atomic mass is 10.0. The molecule has 1 fully saturated rings. The molecule has 3 rings (SSSR count). The molecule has 5 nitrogen and oxygen atoms in total. The van der Waals surface area contributed by atoms with Gasteiger partial charge in [0.1, 0.15) is 6.04 Å². The fourth-order valence-corrected chi connectivity index (χ4v) is 2.61. The van der Waals surface area contributed by atoms with Crippen molar-refractivity contribution >= 4 is 33.7 Å². The van der Waals surface area contributed by atoms with Gasteiger partial charge in [0.2, 0.25) is 11.8 Å². The van der Waals surface area contributed by atoms with Crippen molar-refractivity contribution in [2.24, 2.45) is 0 Å². The molecule has 0 aliphatic carbocycles. The Balaban J connectivity index is 2.04. The maximum Gasteiger partial charge on any atom is 0.255 e. The minimum atomic E-state index is -2.08. The number of halogens is 1. The quantitative estimate of drug-likeness (QED) is 0.790. The second kappa shape index (κ2) is 4.45. The Hall–Kier alpha value is -1.69. The van der Waals surface area contributed by atoms with Crippen molar-refractivity contribution in [3.63, 3.8) is 0 Å². The summed E-state index contributed by atoms with van der Waals surface area (Å²) in [5.74, 6) is -1.56. The minimum Gasteiger partial charge on any atom is -0.322 e. The lowest BCUT2D eigenvalue weighted by Crippen LogP contribution is -2.52. The third kappa shape index (κ3) is 2.06. The molecule has 1 aromatic carbocycles. The lowest BCUT2D eigenvalue weighted by molar-refractivity contribution is -0.136. The highest BCUT2D eigenvalue weighted by Gasteiger charge is 2.38. The Kier molecular flexibility index (Phi) is 2.37. The predicted octanol–water partition coefficient (Wildman–Crippen LogP) is 1.21. The first-order valence-corrected chi connectivity index (χ1v) is 6.59. The summed E-state index contributed by atoms with van der Waals surface area (Å²) >= 11 is 3.25. The average molecular weight is 325 g/mol. The monoisotopic (exact) mass is 324 g/mol. The van der Waals surface area contributed by atoms with Crippen LogP contribution in [0.2, 0.25) is 0 Å². The molecule has 2 aliphatic heterocycles. The average Bonchev–Trinajstić information content (AvgIpc) is 2.59. The number of carbonyl (C=O) groups is 3.